The van der Waals surface area contributed by atoms with Crippen molar-refractivity contribution < 1.29 is 22.3 Å². The summed E-state index contributed by atoms with van der Waals surface area (Å²) >= 11 is 0. The van der Waals surface area contributed by atoms with Crippen molar-refractivity contribution in [1.82, 2.24) is 4.72 Å². The van der Waals surface area contributed by atoms with Gasteiger partial charge in [-0.2, -0.15) is 0 Å². The Hall–Kier alpha value is -1.05. The normalized spacial score (nSPS) is 18.4. The van der Waals surface area contributed by atoms with E-state index >= 15 is 0 Å². The van der Waals surface area contributed by atoms with Gasteiger partial charge >= 0.3 is 0 Å². The maximum Gasteiger partial charge on any atom is 0.240 e. The van der Waals surface area contributed by atoms with E-state index in [0.29, 0.717) is 6.07 Å². The number of hydrogen-bond acceptors (Lipinski definition) is 3. The molecule has 1 aromatic carbocycles. The van der Waals surface area contributed by atoms with Crippen LogP contribution in [0.5, 0.6) is 0 Å². The van der Waals surface area contributed by atoms with Gasteiger partial charge in [-0.15, -0.1) is 0 Å². The highest BCUT2D eigenvalue weighted by Gasteiger charge is 2.34. The van der Waals surface area contributed by atoms with E-state index in [4.69, 9.17) is 0 Å². The van der Waals surface area contributed by atoms with Gasteiger partial charge in [0.2, 0.25) is 10.0 Å². The molecule has 0 bridgehead atoms. The SMILES string of the molecule is O=S(=O)(NCC1(CO)CCCC1)c1cc(F)cc(F)c1. The molecular formula is C13H17F2NO3S. The largest absolute Gasteiger partial charge is 0.396 e. The Labute approximate surface area is 116 Å². The standard InChI is InChI=1S/C13H17F2NO3S/c14-10-5-11(15)7-12(6-10)20(18,19)16-8-13(9-17)3-1-2-4-13/h5-7,16-17H,1-4,8-9H2. The number of aliphatic hydroxyl groups excluding tert-OH is 1. The molecule has 0 unspecified atom stereocenters. The average Bonchev–Trinajstić information content (AvgIpc) is 2.85. The number of aliphatic hydroxyl groups is 1. The van der Waals surface area contributed by atoms with Crippen molar-refractivity contribution in [3.05, 3.63) is 29.8 Å². The van der Waals surface area contributed by atoms with Gasteiger partial charge in [0, 0.05) is 24.6 Å². The number of rotatable bonds is 5. The van der Waals surface area contributed by atoms with Crippen LogP contribution >= 0.6 is 0 Å². The predicted molar refractivity (Wildman–Crippen MR) is 69.5 cm³/mol. The number of halogens is 2. The van der Waals surface area contributed by atoms with Crippen LogP contribution in [0.1, 0.15) is 25.7 Å². The predicted octanol–water partition coefficient (Wildman–Crippen LogP) is 1.80. The van der Waals surface area contributed by atoms with Crippen molar-refractivity contribution in [1.29, 1.82) is 0 Å². The third-order valence-electron chi connectivity index (χ3n) is 3.78. The van der Waals surface area contributed by atoms with Crippen LogP contribution in [-0.4, -0.2) is 26.7 Å². The molecule has 1 aromatic rings. The van der Waals surface area contributed by atoms with Crippen molar-refractivity contribution in [3.63, 3.8) is 0 Å². The molecule has 4 nitrogen and oxygen atoms in total. The van der Waals surface area contributed by atoms with Crippen molar-refractivity contribution >= 4 is 10.0 Å². The van der Waals surface area contributed by atoms with Gasteiger partial charge in [-0.1, -0.05) is 12.8 Å². The van der Waals surface area contributed by atoms with Gasteiger partial charge in [0.1, 0.15) is 11.6 Å². The molecule has 0 aliphatic heterocycles. The Morgan fingerprint density at radius 3 is 2.20 bits per heavy atom. The van der Waals surface area contributed by atoms with Crippen LogP contribution in [-0.2, 0) is 10.0 Å². The topological polar surface area (TPSA) is 66.4 Å². The van der Waals surface area contributed by atoms with Crippen LogP contribution < -0.4 is 4.72 Å². The zero-order chi connectivity index (χ0) is 14.8. The van der Waals surface area contributed by atoms with Gasteiger partial charge in [-0.25, -0.2) is 21.9 Å². The molecule has 0 saturated heterocycles. The summed E-state index contributed by atoms with van der Waals surface area (Å²) in [7, 11) is -3.98. The second-order valence-corrected chi connectivity index (χ2v) is 7.06. The van der Waals surface area contributed by atoms with Crippen LogP contribution in [0.4, 0.5) is 8.78 Å². The van der Waals surface area contributed by atoms with Gasteiger partial charge in [0.25, 0.3) is 0 Å². The molecule has 1 aliphatic carbocycles. The monoisotopic (exact) mass is 305 g/mol. The molecule has 0 atom stereocenters. The molecule has 2 rings (SSSR count). The van der Waals surface area contributed by atoms with E-state index in [1.165, 1.54) is 0 Å². The zero-order valence-corrected chi connectivity index (χ0v) is 11.7. The highest BCUT2D eigenvalue weighted by Crippen LogP contribution is 2.37. The van der Waals surface area contributed by atoms with Gasteiger partial charge in [-0.3, -0.25) is 0 Å². The fourth-order valence-corrected chi connectivity index (χ4v) is 3.73. The van der Waals surface area contributed by atoms with Gasteiger partial charge < -0.3 is 5.11 Å². The van der Waals surface area contributed by atoms with E-state index < -0.39 is 32.0 Å². The Kier molecular flexibility index (Phi) is 4.41. The molecule has 1 aliphatic rings. The molecule has 0 spiro atoms. The van der Waals surface area contributed by atoms with Crippen LogP contribution in [0.3, 0.4) is 0 Å². The van der Waals surface area contributed by atoms with Crippen LogP contribution in [0.15, 0.2) is 23.1 Å². The summed E-state index contributed by atoms with van der Waals surface area (Å²) in [5, 5.41) is 9.42. The third kappa shape index (κ3) is 3.34. The summed E-state index contributed by atoms with van der Waals surface area (Å²) < 4.78 is 52.5. The molecule has 0 radical (unpaired) electrons. The van der Waals surface area contributed by atoms with Gasteiger partial charge in [0.15, 0.2) is 0 Å². The Morgan fingerprint density at radius 2 is 1.70 bits per heavy atom. The molecule has 1 fully saturated rings. The molecule has 0 heterocycles. The Balaban J connectivity index is 2.15. The summed E-state index contributed by atoms with van der Waals surface area (Å²) in [4.78, 5) is -0.443. The lowest BCUT2D eigenvalue weighted by Crippen LogP contribution is -2.38. The van der Waals surface area contributed by atoms with E-state index in [9.17, 15) is 22.3 Å². The lowest BCUT2D eigenvalue weighted by atomic mass is 9.88. The fourth-order valence-electron chi connectivity index (χ4n) is 2.53. The Morgan fingerprint density at radius 1 is 1.15 bits per heavy atom. The van der Waals surface area contributed by atoms with Gasteiger partial charge in [0.05, 0.1) is 4.90 Å². The zero-order valence-electron chi connectivity index (χ0n) is 10.9. The summed E-state index contributed by atoms with van der Waals surface area (Å²) in [6, 6.07) is 2.16. The molecule has 112 valence electrons. The molecule has 1 saturated carbocycles. The smallest absolute Gasteiger partial charge is 0.240 e. The summed E-state index contributed by atoms with van der Waals surface area (Å²) in [5.41, 5.74) is -0.459. The second kappa shape index (κ2) is 5.75. The van der Waals surface area contributed by atoms with Crippen molar-refractivity contribution in [2.75, 3.05) is 13.2 Å². The average molecular weight is 305 g/mol. The lowest BCUT2D eigenvalue weighted by Gasteiger charge is -2.26. The first kappa shape index (κ1) is 15.3. The molecule has 7 heteroatoms. The van der Waals surface area contributed by atoms with Crippen LogP contribution in [0, 0.1) is 17.0 Å². The van der Waals surface area contributed by atoms with E-state index in [1.807, 2.05) is 0 Å². The molecule has 0 aromatic heterocycles. The lowest BCUT2D eigenvalue weighted by molar-refractivity contribution is 0.134. The van der Waals surface area contributed by atoms with E-state index in [0.717, 1.165) is 37.8 Å². The number of hydrogen-bond donors (Lipinski definition) is 2. The molecule has 20 heavy (non-hydrogen) atoms. The summed E-state index contributed by atoms with van der Waals surface area (Å²) in [5.74, 6) is -1.88. The fraction of sp³-hybridized carbons (Fsp3) is 0.538. The minimum absolute atomic E-state index is 0.0734. The molecular weight excluding hydrogens is 288 g/mol. The number of nitrogens with one attached hydrogen (secondary N) is 1. The molecule has 0 amide bonds. The first-order valence-electron chi connectivity index (χ1n) is 6.44. The first-order chi connectivity index (χ1) is 9.37. The van der Waals surface area contributed by atoms with E-state index in [-0.39, 0.29) is 13.2 Å². The Bertz CT molecular complexity index is 563. The quantitative estimate of drug-likeness (QED) is 0.871. The van der Waals surface area contributed by atoms with Crippen LogP contribution in [0.25, 0.3) is 0 Å². The van der Waals surface area contributed by atoms with Crippen LogP contribution in [0.2, 0.25) is 0 Å². The highest BCUT2D eigenvalue weighted by atomic mass is 32.2. The first-order valence-corrected chi connectivity index (χ1v) is 7.92. The van der Waals surface area contributed by atoms with Crippen molar-refractivity contribution in [2.45, 2.75) is 30.6 Å². The maximum atomic E-state index is 13.1. The second-order valence-electron chi connectivity index (χ2n) is 5.29. The third-order valence-corrected chi connectivity index (χ3v) is 5.16. The van der Waals surface area contributed by atoms with E-state index in [2.05, 4.69) is 4.72 Å². The maximum absolute atomic E-state index is 13.1. The van der Waals surface area contributed by atoms with Crippen molar-refractivity contribution in [2.24, 2.45) is 5.41 Å². The summed E-state index contributed by atoms with van der Waals surface area (Å²) in [6.45, 7) is -0.0308. The minimum atomic E-state index is -3.98. The minimum Gasteiger partial charge on any atom is -0.396 e. The van der Waals surface area contributed by atoms with Gasteiger partial charge in [-0.05, 0) is 25.0 Å². The summed E-state index contributed by atoms with van der Waals surface area (Å²) in [6.07, 6.45) is 3.36. The molecule has 2 N–H and O–H groups in total. The number of benzene rings is 1. The van der Waals surface area contributed by atoms with Crippen molar-refractivity contribution in [3.8, 4) is 0 Å². The number of sulfonamides is 1. The van der Waals surface area contributed by atoms with E-state index in [1.54, 1.807) is 0 Å². The highest BCUT2D eigenvalue weighted by molar-refractivity contribution is 7.89.